The first-order valence-corrected chi connectivity index (χ1v) is 8.46. The lowest BCUT2D eigenvalue weighted by Gasteiger charge is -2.20. The minimum absolute atomic E-state index is 0.451. The van der Waals surface area contributed by atoms with Gasteiger partial charge in [-0.25, -0.2) is 12.7 Å². The third-order valence-corrected chi connectivity index (χ3v) is 6.31. The predicted octanol–water partition coefficient (Wildman–Crippen LogP) is 2.62. The third-order valence-electron chi connectivity index (χ3n) is 4.19. The number of sulfonamides is 1. The Morgan fingerprint density at radius 3 is 2.20 bits per heavy atom. The second-order valence-corrected chi connectivity index (χ2v) is 7.93. The van der Waals surface area contributed by atoms with Crippen molar-refractivity contribution in [3.8, 4) is 0 Å². The Balaban J connectivity index is 2.33. The fraction of sp³-hybridized carbons (Fsp3) is 0.600. The van der Waals surface area contributed by atoms with Gasteiger partial charge in [0.2, 0.25) is 10.0 Å². The monoisotopic (exact) mass is 296 g/mol. The van der Waals surface area contributed by atoms with Crippen molar-refractivity contribution in [1.82, 2.24) is 4.31 Å². The Labute approximate surface area is 122 Å². The highest BCUT2D eigenvalue weighted by Crippen LogP contribution is 2.39. The minimum Gasteiger partial charge on any atom is -0.388 e. The summed E-state index contributed by atoms with van der Waals surface area (Å²) in [6.45, 7) is 6.50. The van der Waals surface area contributed by atoms with Crippen molar-refractivity contribution in [2.45, 2.75) is 32.1 Å². The molecular formula is C15H24N2O2S. The lowest BCUT2D eigenvalue weighted by atomic mass is 10.1. The van der Waals surface area contributed by atoms with Gasteiger partial charge in [0.1, 0.15) is 0 Å². The highest BCUT2D eigenvalue weighted by molar-refractivity contribution is 7.89. The van der Waals surface area contributed by atoms with E-state index in [2.05, 4.69) is 12.2 Å². The van der Waals surface area contributed by atoms with E-state index in [9.17, 15) is 8.42 Å². The average molecular weight is 296 g/mol. The predicted molar refractivity (Wildman–Crippen MR) is 82.5 cm³/mol. The first-order valence-electron chi connectivity index (χ1n) is 7.02. The van der Waals surface area contributed by atoms with Crippen LogP contribution in [0.1, 0.15) is 24.5 Å². The van der Waals surface area contributed by atoms with Crippen LogP contribution in [0.25, 0.3) is 0 Å². The van der Waals surface area contributed by atoms with Crippen LogP contribution in [0.15, 0.2) is 17.0 Å². The molecule has 112 valence electrons. The standard InChI is InChI=1S/C15H24N2O2S/c1-10-6-13(10)9-17(5)20(18,19)15-11(2)7-14(16-4)8-12(15)3/h7-8,10,13,16H,6,9H2,1-5H3. The molecule has 1 fully saturated rings. The van der Waals surface area contributed by atoms with Crippen LogP contribution in [-0.2, 0) is 10.0 Å². The van der Waals surface area contributed by atoms with Gasteiger partial charge in [-0.3, -0.25) is 0 Å². The highest BCUT2D eigenvalue weighted by atomic mass is 32.2. The summed E-state index contributed by atoms with van der Waals surface area (Å²) in [5.41, 5.74) is 2.53. The zero-order chi connectivity index (χ0) is 15.1. The first-order chi connectivity index (χ1) is 9.27. The van der Waals surface area contributed by atoms with Crippen LogP contribution in [0.5, 0.6) is 0 Å². The first kappa shape index (κ1) is 15.3. The molecule has 0 bridgehead atoms. The summed E-state index contributed by atoms with van der Waals surface area (Å²) in [6, 6.07) is 3.76. The van der Waals surface area contributed by atoms with Crippen molar-refractivity contribution >= 4 is 15.7 Å². The number of aryl methyl sites for hydroxylation is 2. The molecule has 1 aromatic rings. The van der Waals surface area contributed by atoms with E-state index in [0.717, 1.165) is 23.2 Å². The summed E-state index contributed by atoms with van der Waals surface area (Å²) in [7, 11) is 0.124. The van der Waals surface area contributed by atoms with E-state index in [-0.39, 0.29) is 0 Å². The molecule has 0 amide bonds. The molecule has 2 unspecified atom stereocenters. The van der Waals surface area contributed by atoms with Gasteiger partial charge in [0.05, 0.1) is 4.90 Å². The van der Waals surface area contributed by atoms with E-state index in [1.165, 1.54) is 4.31 Å². The zero-order valence-corrected chi connectivity index (χ0v) is 13.7. The van der Waals surface area contributed by atoms with Crippen LogP contribution in [0.3, 0.4) is 0 Å². The smallest absolute Gasteiger partial charge is 0.243 e. The molecule has 0 aliphatic heterocycles. The van der Waals surface area contributed by atoms with E-state index < -0.39 is 10.0 Å². The number of nitrogens with one attached hydrogen (secondary N) is 1. The normalized spacial score (nSPS) is 22.1. The quantitative estimate of drug-likeness (QED) is 0.908. The number of anilines is 1. The molecule has 4 nitrogen and oxygen atoms in total. The summed E-state index contributed by atoms with van der Waals surface area (Å²) in [6.07, 6.45) is 1.14. The summed E-state index contributed by atoms with van der Waals surface area (Å²) >= 11 is 0. The molecule has 0 saturated heterocycles. The fourth-order valence-electron chi connectivity index (χ4n) is 2.74. The zero-order valence-electron chi connectivity index (χ0n) is 12.9. The van der Waals surface area contributed by atoms with Crippen LogP contribution < -0.4 is 5.32 Å². The van der Waals surface area contributed by atoms with Gasteiger partial charge in [0.25, 0.3) is 0 Å². The third kappa shape index (κ3) is 2.83. The Bertz CT molecular complexity index is 587. The molecule has 1 saturated carbocycles. The topological polar surface area (TPSA) is 49.4 Å². The maximum Gasteiger partial charge on any atom is 0.243 e. The summed E-state index contributed by atoms with van der Waals surface area (Å²) in [5.74, 6) is 1.17. The Morgan fingerprint density at radius 2 is 1.80 bits per heavy atom. The maximum atomic E-state index is 12.7. The van der Waals surface area contributed by atoms with Crippen LogP contribution in [-0.4, -0.2) is 33.4 Å². The van der Waals surface area contributed by atoms with Gasteiger partial charge in [-0.1, -0.05) is 6.92 Å². The van der Waals surface area contributed by atoms with E-state index in [0.29, 0.717) is 23.3 Å². The van der Waals surface area contributed by atoms with Gasteiger partial charge in [0, 0.05) is 26.3 Å². The average Bonchev–Trinajstić information content (AvgIpc) is 3.03. The van der Waals surface area contributed by atoms with Gasteiger partial charge in [-0.2, -0.15) is 0 Å². The molecule has 0 aromatic heterocycles. The van der Waals surface area contributed by atoms with Gasteiger partial charge >= 0.3 is 0 Å². The van der Waals surface area contributed by atoms with Crippen LogP contribution >= 0.6 is 0 Å². The summed E-state index contributed by atoms with van der Waals surface area (Å²) in [4.78, 5) is 0.451. The van der Waals surface area contributed by atoms with Gasteiger partial charge in [0.15, 0.2) is 0 Å². The largest absolute Gasteiger partial charge is 0.388 e. The summed E-state index contributed by atoms with van der Waals surface area (Å²) in [5, 5.41) is 3.06. The second kappa shape index (κ2) is 5.37. The van der Waals surface area contributed by atoms with Crippen LogP contribution in [0.4, 0.5) is 5.69 Å². The fourth-order valence-corrected chi connectivity index (χ4v) is 4.37. The molecule has 1 N–H and O–H groups in total. The Morgan fingerprint density at radius 1 is 1.30 bits per heavy atom. The Hall–Kier alpha value is -1.07. The lowest BCUT2D eigenvalue weighted by molar-refractivity contribution is 0.444. The number of hydrogen-bond donors (Lipinski definition) is 1. The molecule has 2 atom stereocenters. The van der Waals surface area contributed by atoms with Gasteiger partial charge < -0.3 is 5.32 Å². The van der Waals surface area contributed by atoms with Gasteiger partial charge in [-0.15, -0.1) is 0 Å². The Kier molecular flexibility index (Phi) is 4.12. The second-order valence-electron chi connectivity index (χ2n) is 5.95. The molecule has 0 radical (unpaired) electrons. The summed E-state index contributed by atoms with van der Waals surface area (Å²) < 4.78 is 27.0. The van der Waals surface area contributed by atoms with Crippen molar-refractivity contribution in [3.05, 3.63) is 23.3 Å². The number of nitrogens with zero attached hydrogens (tertiary/aromatic N) is 1. The molecule has 0 heterocycles. The molecule has 0 spiro atoms. The van der Waals surface area contributed by atoms with Crippen molar-refractivity contribution in [2.75, 3.05) is 26.0 Å². The molecule has 1 aliphatic rings. The molecule has 2 rings (SSSR count). The van der Waals surface area contributed by atoms with E-state index >= 15 is 0 Å². The van der Waals surface area contributed by atoms with Crippen molar-refractivity contribution in [1.29, 1.82) is 0 Å². The molecule has 5 heteroatoms. The molecular weight excluding hydrogens is 272 g/mol. The van der Waals surface area contributed by atoms with Crippen molar-refractivity contribution < 1.29 is 8.42 Å². The molecule has 1 aliphatic carbocycles. The van der Waals surface area contributed by atoms with Gasteiger partial charge in [-0.05, 0) is 55.4 Å². The lowest BCUT2D eigenvalue weighted by Crippen LogP contribution is -2.30. The molecule has 1 aromatic carbocycles. The van der Waals surface area contributed by atoms with Crippen LogP contribution in [0, 0.1) is 25.7 Å². The number of rotatable bonds is 5. The molecule has 20 heavy (non-hydrogen) atoms. The number of hydrogen-bond acceptors (Lipinski definition) is 3. The maximum absolute atomic E-state index is 12.7. The van der Waals surface area contributed by atoms with E-state index in [4.69, 9.17) is 0 Å². The van der Waals surface area contributed by atoms with Crippen molar-refractivity contribution in [2.24, 2.45) is 11.8 Å². The number of benzene rings is 1. The highest BCUT2D eigenvalue weighted by Gasteiger charge is 2.36. The van der Waals surface area contributed by atoms with E-state index in [1.54, 1.807) is 7.05 Å². The minimum atomic E-state index is -3.40. The van der Waals surface area contributed by atoms with Crippen LogP contribution in [0.2, 0.25) is 0 Å². The van der Waals surface area contributed by atoms with Crippen molar-refractivity contribution in [3.63, 3.8) is 0 Å². The SMILES string of the molecule is CNc1cc(C)c(S(=O)(=O)N(C)CC2CC2C)c(C)c1. The van der Waals surface area contributed by atoms with E-state index in [1.807, 2.05) is 33.0 Å².